The molecule has 1 atom stereocenters. The van der Waals surface area contributed by atoms with Crippen LogP contribution in [0.2, 0.25) is 0 Å². The Balaban J connectivity index is 2.63. The fraction of sp³-hybridized carbons (Fsp3) is 0.923. The molecule has 1 rings (SSSR count). The van der Waals surface area contributed by atoms with Crippen molar-refractivity contribution in [2.75, 3.05) is 33.4 Å². The van der Waals surface area contributed by atoms with Crippen LogP contribution in [0.15, 0.2) is 0 Å². The molecule has 3 N–H and O–H groups in total. The summed E-state index contributed by atoms with van der Waals surface area (Å²) < 4.78 is 4.99. The van der Waals surface area contributed by atoms with Crippen molar-refractivity contribution >= 4 is 5.91 Å². The molecule has 0 bridgehead atoms. The maximum Gasteiger partial charge on any atom is 0.226 e. The van der Waals surface area contributed by atoms with Gasteiger partial charge in [0.05, 0.1) is 24.7 Å². The van der Waals surface area contributed by atoms with Crippen LogP contribution in [0.25, 0.3) is 0 Å². The highest BCUT2D eigenvalue weighted by atomic mass is 16.5. The molecule has 1 fully saturated rings. The summed E-state index contributed by atoms with van der Waals surface area (Å²) in [6, 6.07) is -0.300. The van der Waals surface area contributed by atoms with E-state index >= 15 is 0 Å². The maximum absolute atomic E-state index is 12.4. The number of methoxy groups -OCH3 is 1. The second-order valence-electron chi connectivity index (χ2n) is 5.09. The van der Waals surface area contributed by atoms with E-state index in [0.29, 0.717) is 6.61 Å². The van der Waals surface area contributed by atoms with Gasteiger partial charge in [0.1, 0.15) is 0 Å². The van der Waals surface area contributed by atoms with Crippen LogP contribution >= 0.6 is 0 Å². The number of amides is 1. The van der Waals surface area contributed by atoms with E-state index in [1.807, 2.05) is 0 Å². The molecule has 0 aromatic heterocycles. The van der Waals surface area contributed by atoms with Gasteiger partial charge >= 0.3 is 0 Å². The third-order valence-electron chi connectivity index (χ3n) is 3.69. The fourth-order valence-electron chi connectivity index (χ4n) is 2.65. The zero-order valence-corrected chi connectivity index (χ0v) is 11.5. The van der Waals surface area contributed by atoms with Crippen LogP contribution in [-0.4, -0.2) is 50.5 Å². The molecular weight excluding hydrogens is 232 g/mol. The summed E-state index contributed by atoms with van der Waals surface area (Å²) in [5.74, 6) is 0.0713. The highest BCUT2D eigenvalue weighted by molar-refractivity contribution is 5.83. The van der Waals surface area contributed by atoms with Crippen LogP contribution in [0, 0.1) is 5.41 Å². The Hall–Kier alpha value is -0.650. The van der Waals surface area contributed by atoms with Gasteiger partial charge in [-0.05, 0) is 32.4 Å². The van der Waals surface area contributed by atoms with Crippen molar-refractivity contribution in [2.45, 2.75) is 38.6 Å². The van der Waals surface area contributed by atoms with Gasteiger partial charge in [0, 0.05) is 7.11 Å². The number of hydrogen-bond acceptors (Lipinski definition) is 4. The Kier molecular flexibility index (Phi) is 6.60. The standard InChI is InChI=1S/C13H26N2O3/c1-3-4-13(5-7-14-8-6-13)12(17)15-11(9-16)10-18-2/h11,14,16H,3-10H2,1-2H3,(H,15,17). The van der Waals surface area contributed by atoms with Gasteiger partial charge in [0.15, 0.2) is 0 Å². The van der Waals surface area contributed by atoms with E-state index in [1.165, 1.54) is 0 Å². The number of nitrogens with one attached hydrogen (secondary N) is 2. The molecule has 0 spiro atoms. The van der Waals surface area contributed by atoms with Gasteiger partial charge in [-0.3, -0.25) is 4.79 Å². The molecule has 1 amide bonds. The van der Waals surface area contributed by atoms with Crippen LogP contribution < -0.4 is 10.6 Å². The lowest BCUT2D eigenvalue weighted by Crippen LogP contribution is -2.52. The Morgan fingerprint density at radius 1 is 1.50 bits per heavy atom. The van der Waals surface area contributed by atoms with E-state index in [2.05, 4.69) is 17.6 Å². The summed E-state index contributed by atoms with van der Waals surface area (Å²) in [6.07, 6.45) is 3.66. The second-order valence-corrected chi connectivity index (χ2v) is 5.09. The molecular formula is C13H26N2O3. The van der Waals surface area contributed by atoms with Crippen molar-refractivity contribution in [3.8, 4) is 0 Å². The van der Waals surface area contributed by atoms with Gasteiger partial charge in [0.2, 0.25) is 5.91 Å². The first-order valence-corrected chi connectivity index (χ1v) is 6.80. The number of carbonyl (C=O) groups is 1. The van der Waals surface area contributed by atoms with Crippen LogP contribution in [0.1, 0.15) is 32.6 Å². The highest BCUT2D eigenvalue weighted by Gasteiger charge is 2.39. The van der Waals surface area contributed by atoms with Gasteiger partial charge < -0.3 is 20.5 Å². The summed E-state index contributed by atoms with van der Waals surface area (Å²) in [5, 5.41) is 15.4. The number of hydrogen-bond donors (Lipinski definition) is 3. The molecule has 1 heterocycles. The Morgan fingerprint density at radius 3 is 2.67 bits per heavy atom. The highest BCUT2D eigenvalue weighted by Crippen LogP contribution is 2.34. The average molecular weight is 258 g/mol. The minimum atomic E-state index is -0.300. The zero-order valence-electron chi connectivity index (χ0n) is 11.5. The van der Waals surface area contributed by atoms with Crippen molar-refractivity contribution in [3.05, 3.63) is 0 Å². The van der Waals surface area contributed by atoms with E-state index in [1.54, 1.807) is 7.11 Å². The number of aliphatic hydroxyl groups excluding tert-OH is 1. The molecule has 0 aliphatic carbocycles. The molecule has 0 saturated carbocycles. The molecule has 1 saturated heterocycles. The van der Waals surface area contributed by atoms with Gasteiger partial charge in [-0.1, -0.05) is 13.3 Å². The molecule has 1 unspecified atom stereocenters. The van der Waals surface area contributed by atoms with Crippen molar-refractivity contribution in [1.29, 1.82) is 0 Å². The summed E-state index contributed by atoms with van der Waals surface area (Å²) in [4.78, 5) is 12.4. The minimum Gasteiger partial charge on any atom is -0.394 e. The summed E-state index contributed by atoms with van der Waals surface area (Å²) >= 11 is 0. The molecule has 18 heavy (non-hydrogen) atoms. The number of rotatable bonds is 7. The number of aliphatic hydroxyl groups is 1. The summed E-state index contributed by atoms with van der Waals surface area (Å²) in [6.45, 7) is 4.15. The number of carbonyl (C=O) groups excluding carboxylic acids is 1. The van der Waals surface area contributed by atoms with Gasteiger partial charge in [0.25, 0.3) is 0 Å². The van der Waals surface area contributed by atoms with E-state index < -0.39 is 0 Å². The molecule has 0 aromatic carbocycles. The van der Waals surface area contributed by atoms with Crippen LogP contribution in [0.4, 0.5) is 0 Å². The predicted molar refractivity (Wildman–Crippen MR) is 70.3 cm³/mol. The maximum atomic E-state index is 12.4. The molecule has 1 aliphatic heterocycles. The first-order valence-electron chi connectivity index (χ1n) is 6.80. The Bertz CT molecular complexity index is 247. The van der Waals surface area contributed by atoms with E-state index in [-0.39, 0.29) is 24.0 Å². The molecule has 1 aliphatic rings. The molecule has 0 aromatic rings. The predicted octanol–water partition coefficient (Wildman–Crippen LogP) is 0.280. The minimum absolute atomic E-state index is 0.0713. The monoisotopic (exact) mass is 258 g/mol. The zero-order chi connectivity index (χ0) is 13.4. The fourth-order valence-corrected chi connectivity index (χ4v) is 2.65. The Labute approximate surface area is 109 Å². The first-order chi connectivity index (χ1) is 8.68. The smallest absolute Gasteiger partial charge is 0.226 e. The van der Waals surface area contributed by atoms with E-state index in [0.717, 1.165) is 38.8 Å². The topological polar surface area (TPSA) is 70.6 Å². The molecule has 5 nitrogen and oxygen atoms in total. The number of ether oxygens (including phenoxy) is 1. The molecule has 0 radical (unpaired) electrons. The summed E-state index contributed by atoms with van der Waals surface area (Å²) in [5.41, 5.74) is -0.263. The second kappa shape index (κ2) is 7.71. The average Bonchev–Trinajstić information content (AvgIpc) is 2.39. The van der Waals surface area contributed by atoms with Gasteiger partial charge in [-0.25, -0.2) is 0 Å². The quantitative estimate of drug-likeness (QED) is 0.613. The normalized spacial score (nSPS) is 20.4. The SMILES string of the molecule is CCCC1(C(=O)NC(CO)COC)CCNCC1. The van der Waals surface area contributed by atoms with Crippen LogP contribution in [0.5, 0.6) is 0 Å². The van der Waals surface area contributed by atoms with Crippen LogP contribution in [-0.2, 0) is 9.53 Å². The molecule has 5 heteroatoms. The van der Waals surface area contributed by atoms with Crippen molar-refractivity contribution in [1.82, 2.24) is 10.6 Å². The van der Waals surface area contributed by atoms with Gasteiger partial charge in [-0.15, -0.1) is 0 Å². The van der Waals surface area contributed by atoms with E-state index in [4.69, 9.17) is 4.74 Å². The lowest BCUT2D eigenvalue weighted by molar-refractivity contribution is -0.134. The molecule has 106 valence electrons. The third-order valence-corrected chi connectivity index (χ3v) is 3.69. The van der Waals surface area contributed by atoms with Crippen molar-refractivity contribution in [2.24, 2.45) is 5.41 Å². The van der Waals surface area contributed by atoms with Gasteiger partial charge in [-0.2, -0.15) is 0 Å². The first kappa shape index (κ1) is 15.4. The lowest BCUT2D eigenvalue weighted by Gasteiger charge is -2.37. The largest absolute Gasteiger partial charge is 0.394 e. The Morgan fingerprint density at radius 2 is 2.17 bits per heavy atom. The third kappa shape index (κ3) is 3.93. The number of piperidine rings is 1. The summed E-state index contributed by atoms with van der Waals surface area (Å²) in [7, 11) is 1.57. The van der Waals surface area contributed by atoms with Crippen molar-refractivity contribution < 1.29 is 14.6 Å². The van der Waals surface area contributed by atoms with Crippen molar-refractivity contribution in [3.63, 3.8) is 0 Å². The van der Waals surface area contributed by atoms with Crippen LogP contribution in [0.3, 0.4) is 0 Å². The lowest BCUT2D eigenvalue weighted by atomic mass is 9.74. The van der Waals surface area contributed by atoms with E-state index in [9.17, 15) is 9.90 Å².